The summed E-state index contributed by atoms with van der Waals surface area (Å²) < 4.78 is 0. The van der Waals surface area contributed by atoms with Crippen LogP contribution in [0.2, 0.25) is 0 Å². The molecule has 1 rings (SSSR count). The molecule has 0 radical (unpaired) electrons. The van der Waals surface area contributed by atoms with Crippen molar-refractivity contribution in [2.45, 2.75) is 51.6 Å². The molecule has 0 bridgehead atoms. The Bertz CT molecular complexity index is 311. The van der Waals surface area contributed by atoms with Gasteiger partial charge in [0.25, 0.3) is 0 Å². The van der Waals surface area contributed by atoms with Gasteiger partial charge >= 0.3 is 12.0 Å². The second kappa shape index (κ2) is 4.94. The zero-order valence-electron chi connectivity index (χ0n) is 11.0. The van der Waals surface area contributed by atoms with E-state index in [9.17, 15) is 9.59 Å². The number of likely N-dealkylation sites (N-methyl/N-ethyl adjacent to an activating group) is 1. The van der Waals surface area contributed by atoms with Crippen molar-refractivity contribution in [2.24, 2.45) is 5.92 Å². The van der Waals surface area contributed by atoms with Crippen LogP contribution in [0.3, 0.4) is 0 Å². The van der Waals surface area contributed by atoms with E-state index in [0.717, 1.165) is 12.3 Å². The molecule has 0 aromatic heterocycles. The summed E-state index contributed by atoms with van der Waals surface area (Å²) in [6.07, 6.45) is 3.47. The number of nitrogens with zero attached hydrogens (tertiary/aromatic N) is 1. The van der Waals surface area contributed by atoms with Gasteiger partial charge in [0, 0.05) is 13.1 Å². The predicted octanol–water partition coefficient (Wildman–Crippen LogP) is 1.68. The number of carbonyl (C=O) groups excluding carboxylic acids is 1. The van der Waals surface area contributed by atoms with Crippen molar-refractivity contribution in [3.8, 4) is 0 Å². The van der Waals surface area contributed by atoms with Crippen LogP contribution in [0.5, 0.6) is 0 Å². The Morgan fingerprint density at radius 1 is 1.47 bits per heavy atom. The highest BCUT2D eigenvalue weighted by atomic mass is 16.4. The Morgan fingerprint density at radius 2 is 2.00 bits per heavy atom. The molecule has 17 heavy (non-hydrogen) atoms. The first-order valence-corrected chi connectivity index (χ1v) is 6.03. The zero-order chi connectivity index (χ0) is 13.2. The Morgan fingerprint density at radius 3 is 2.41 bits per heavy atom. The molecule has 1 aliphatic carbocycles. The largest absolute Gasteiger partial charge is 0.480 e. The lowest BCUT2D eigenvalue weighted by Gasteiger charge is -2.32. The molecule has 0 aromatic carbocycles. The van der Waals surface area contributed by atoms with Crippen LogP contribution in [0, 0.1) is 5.92 Å². The fraction of sp³-hybridized carbons (Fsp3) is 0.833. The number of amides is 2. The van der Waals surface area contributed by atoms with Crippen LogP contribution >= 0.6 is 0 Å². The van der Waals surface area contributed by atoms with Crippen molar-refractivity contribution in [3.05, 3.63) is 0 Å². The molecule has 2 N–H and O–H groups in total. The minimum atomic E-state index is -1.19. The smallest absolute Gasteiger partial charge is 0.329 e. The van der Waals surface area contributed by atoms with Crippen molar-refractivity contribution < 1.29 is 14.7 Å². The molecule has 5 nitrogen and oxygen atoms in total. The first-order valence-electron chi connectivity index (χ1n) is 6.03. The second-order valence-electron chi connectivity index (χ2n) is 5.45. The van der Waals surface area contributed by atoms with Gasteiger partial charge in [0.15, 0.2) is 0 Å². The van der Waals surface area contributed by atoms with Crippen molar-refractivity contribution in [1.29, 1.82) is 0 Å². The maximum absolute atomic E-state index is 11.9. The third kappa shape index (κ3) is 3.61. The minimum absolute atomic E-state index is 0.0991. The Labute approximate surface area is 102 Å². The fourth-order valence-corrected chi connectivity index (χ4v) is 1.62. The molecule has 1 saturated carbocycles. The summed E-state index contributed by atoms with van der Waals surface area (Å²) in [5.74, 6) is -0.270. The highest BCUT2D eigenvalue weighted by molar-refractivity contribution is 5.85. The monoisotopic (exact) mass is 242 g/mol. The van der Waals surface area contributed by atoms with Crippen LogP contribution in [-0.4, -0.2) is 40.6 Å². The van der Waals surface area contributed by atoms with E-state index in [1.54, 1.807) is 0 Å². The van der Waals surface area contributed by atoms with Gasteiger partial charge in [-0.3, -0.25) is 0 Å². The van der Waals surface area contributed by atoms with E-state index >= 15 is 0 Å². The molecule has 1 aliphatic rings. The first-order chi connectivity index (χ1) is 7.75. The number of carboxylic acids is 1. The zero-order valence-corrected chi connectivity index (χ0v) is 11.0. The molecule has 0 aliphatic heterocycles. The number of aliphatic carboxylic acids is 1. The summed E-state index contributed by atoms with van der Waals surface area (Å²) in [7, 11) is 1.51. The molecule has 0 heterocycles. The van der Waals surface area contributed by atoms with E-state index in [1.807, 2.05) is 6.92 Å². The Hall–Kier alpha value is -1.26. The summed E-state index contributed by atoms with van der Waals surface area (Å²) in [6, 6.07) is -0.229. The lowest BCUT2D eigenvalue weighted by molar-refractivity contribution is -0.146. The van der Waals surface area contributed by atoms with Gasteiger partial charge in [0.2, 0.25) is 0 Å². The molecule has 1 atom stereocenters. The molecule has 5 heteroatoms. The van der Waals surface area contributed by atoms with Gasteiger partial charge in [-0.15, -0.1) is 0 Å². The van der Waals surface area contributed by atoms with E-state index in [0.29, 0.717) is 0 Å². The van der Waals surface area contributed by atoms with Crippen molar-refractivity contribution in [2.75, 3.05) is 7.05 Å². The molecular formula is C12H22N2O3. The molecule has 0 spiro atoms. The van der Waals surface area contributed by atoms with Crippen molar-refractivity contribution in [1.82, 2.24) is 10.2 Å². The lowest BCUT2D eigenvalue weighted by Crippen LogP contribution is -2.55. The maximum atomic E-state index is 11.9. The summed E-state index contributed by atoms with van der Waals surface area (Å²) in [6.45, 7) is 4.98. The van der Waals surface area contributed by atoms with E-state index in [2.05, 4.69) is 5.32 Å². The maximum Gasteiger partial charge on any atom is 0.329 e. The Balaban J connectivity index is 2.47. The average Bonchev–Trinajstić information content (AvgIpc) is 2.99. The Kier molecular flexibility index (Phi) is 4.01. The van der Waals surface area contributed by atoms with Crippen LogP contribution in [0.25, 0.3) is 0 Å². The summed E-state index contributed by atoms with van der Waals surface area (Å²) in [5, 5.41) is 11.9. The number of hydrogen-bond acceptors (Lipinski definition) is 2. The van der Waals surface area contributed by atoms with Crippen LogP contribution in [-0.2, 0) is 4.79 Å². The SMILES string of the molecule is CC(CC1CC1)NC(=O)N(C)C(C)(C)C(=O)O. The van der Waals surface area contributed by atoms with Crippen LogP contribution < -0.4 is 5.32 Å². The molecule has 2 amide bonds. The second-order valence-corrected chi connectivity index (χ2v) is 5.45. The van der Waals surface area contributed by atoms with Crippen molar-refractivity contribution >= 4 is 12.0 Å². The first kappa shape index (κ1) is 13.8. The van der Waals surface area contributed by atoms with Gasteiger partial charge < -0.3 is 15.3 Å². The molecule has 0 aromatic rings. The predicted molar refractivity (Wildman–Crippen MR) is 64.8 cm³/mol. The lowest BCUT2D eigenvalue weighted by atomic mass is 10.0. The van der Waals surface area contributed by atoms with E-state index in [-0.39, 0.29) is 12.1 Å². The van der Waals surface area contributed by atoms with Gasteiger partial charge in [-0.1, -0.05) is 12.8 Å². The number of hydrogen-bond donors (Lipinski definition) is 2. The molecule has 1 fully saturated rings. The highest BCUT2D eigenvalue weighted by Crippen LogP contribution is 2.33. The van der Waals surface area contributed by atoms with Crippen LogP contribution in [0.15, 0.2) is 0 Å². The average molecular weight is 242 g/mol. The third-order valence-corrected chi connectivity index (χ3v) is 3.42. The van der Waals surface area contributed by atoms with E-state index in [4.69, 9.17) is 5.11 Å². The number of carbonyl (C=O) groups is 2. The van der Waals surface area contributed by atoms with Gasteiger partial charge in [0.1, 0.15) is 5.54 Å². The number of urea groups is 1. The standard InChI is InChI=1S/C12H22N2O3/c1-8(7-9-5-6-9)13-11(17)14(4)12(2,3)10(15)16/h8-9H,5-7H2,1-4H3,(H,13,17)(H,15,16). The fourth-order valence-electron chi connectivity index (χ4n) is 1.62. The van der Waals surface area contributed by atoms with E-state index in [1.165, 1.54) is 38.6 Å². The topological polar surface area (TPSA) is 69.6 Å². The van der Waals surface area contributed by atoms with Gasteiger partial charge in [-0.2, -0.15) is 0 Å². The summed E-state index contributed by atoms with van der Waals surface area (Å²) in [5.41, 5.74) is -1.19. The molecule has 98 valence electrons. The van der Waals surface area contributed by atoms with Gasteiger partial charge in [-0.05, 0) is 33.1 Å². The number of carboxylic acid groups (broad SMARTS) is 1. The minimum Gasteiger partial charge on any atom is -0.480 e. The normalized spacial score (nSPS) is 17.4. The third-order valence-electron chi connectivity index (χ3n) is 3.42. The summed E-state index contributed by atoms with van der Waals surface area (Å²) >= 11 is 0. The van der Waals surface area contributed by atoms with Crippen molar-refractivity contribution in [3.63, 3.8) is 0 Å². The number of nitrogens with one attached hydrogen (secondary N) is 1. The van der Waals surface area contributed by atoms with Crippen LogP contribution in [0.1, 0.15) is 40.0 Å². The molecular weight excluding hydrogens is 220 g/mol. The van der Waals surface area contributed by atoms with E-state index < -0.39 is 11.5 Å². The van der Waals surface area contributed by atoms with Gasteiger partial charge in [-0.25, -0.2) is 9.59 Å². The number of rotatable bonds is 5. The van der Waals surface area contributed by atoms with Gasteiger partial charge in [0.05, 0.1) is 0 Å². The molecule has 1 unspecified atom stereocenters. The summed E-state index contributed by atoms with van der Waals surface area (Å²) in [4.78, 5) is 24.1. The quantitative estimate of drug-likeness (QED) is 0.770. The molecule has 0 saturated heterocycles. The van der Waals surface area contributed by atoms with Crippen LogP contribution in [0.4, 0.5) is 4.79 Å². The highest BCUT2D eigenvalue weighted by Gasteiger charge is 2.35.